The summed E-state index contributed by atoms with van der Waals surface area (Å²) in [7, 11) is -4.23. The van der Waals surface area contributed by atoms with E-state index in [1.165, 1.54) is 25.1 Å². The molecule has 4 nitrogen and oxygen atoms in total. The maximum atomic E-state index is 11.1. The predicted octanol–water partition coefficient (Wildman–Crippen LogP) is 1.44. The molecule has 0 spiro atoms. The van der Waals surface area contributed by atoms with Gasteiger partial charge in [-0.25, -0.2) is 0 Å². The molecule has 1 rings (SSSR count). The summed E-state index contributed by atoms with van der Waals surface area (Å²) in [4.78, 5) is 10.8. The molecule has 0 aliphatic heterocycles. The van der Waals surface area contributed by atoms with Gasteiger partial charge in [-0.15, -0.1) is 0 Å². The second-order valence-electron chi connectivity index (χ2n) is 3.01. The van der Waals surface area contributed by atoms with E-state index in [2.05, 4.69) is 0 Å². The zero-order chi connectivity index (χ0) is 10.9. The molecular formula is C9H10O4S. The van der Waals surface area contributed by atoms with Crippen LogP contribution in [0, 0.1) is 6.92 Å². The van der Waals surface area contributed by atoms with Crippen molar-refractivity contribution in [1.82, 2.24) is 0 Å². The number of hydrogen-bond acceptors (Lipinski definition) is 3. The summed E-state index contributed by atoms with van der Waals surface area (Å²) >= 11 is 0. The van der Waals surface area contributed by atoms with Crippen molar-refractivity contribution in [2.24, 2.45) is 0 Å². The van der Waals surface area contributed by atoms with Gasteiger partial charge in [0.1, 0.15) is 0 Å². The minimum atomic E-state index is -4.23. The summed E-state index contributed by atoms with van der Waals surface area (Å²) in [5, 5.41) is 0. The van der Waals surface area contributed by atoms with Crippen molar-refractivity contribution in [3.8, 4) is 0 Å². The van der Waals surface area contributed by atoms with Crippen LogP contribution in [0.2, 0.25) is 0 Å². The number of Topliss-reactive ketones (excluding diaryl/α,β-unsaturated/α-hetero) is 1. The first-order chi connectivity index (χ1) is 6.32. The van der Waals surface area contributed by atoms with E-state index < -0.39 is 10.1 Å². The van der Waals surface area contributed by atoms with Gasteiger partial charge in [-0.1, -0.05) is 6.07 Å². The highest BCUT2D eigenvalue weighted by atomic mass is 32.2. The first kappa shape index (κ1) is 10.9. The van der Waals surface area contributed by atoms with Crippen molar-refractivity contribution in [3.63, 3.8) is 0 Å². The normalized spacial score (nSPS) is 11.4. The number of benzene rings is 1. The molecule has 1 N–H and O–H groups in total. The molecule has 0 aromatic heterocycles. The average Bonchev–Trinajstić information content (AvgIpc) is 2.02. The molecule has 0 heterocycles. The third-order valence-electron chi connectivity index (χ3n) is 1.89. The predicted molar refractivity (Wildman–Crippen MR) is 51.0 cm³/mol. The molecule has 0 saturated heterocycles. The molecule has 0 aliphatic rings. The van der Waals surface area contributed by atoms with Gasteiger partial charge in [-0.05, 0) is 31.5 Å². The third kappa shape index (κ3) is 2.18. The van der Waals surface area contributed by atoms with Gasteiger partial charge < -0.3 is 0 Å². The molecule has 0 bridgehead atoms. The fourth-order valence-corrected chi connectivity index (χ4v) is 1.65. The van der Waals surface area contributed by atoms with E-state index in [4.69, 9.17) is 4.55 Å². The molecule has 1 aromatic rings. The van der Waals surface area contributed by atoms with Crippen LogP contribution in [0.15, 0.2) is 23.1 Å². The highest BCUT2D eigenvalue weighted by Crippen LogP contribution is 2.15. The quantitative estimate of drug-likeness (QED) is 0.597. The number of hydrogen-bond donors (Lipinski definition) is 1. The third-order valence-corrected chi connectivity index (χ3v) is 2.74. The number of rotatable bonds is 2. The van der Waals surface area contributed by atoms with Gasteiger partial charge in [0.2, 0.25) is 0 Å². The van der Waals surface area contributed by atoms with Crippen LogP contribution in [-0.2, 0) is 10.1 Å². The van der Waals surface area contributed by atoms with Gasteiger partial charge in [0.15, 0.2) is 5.78 Å². The van der Waals surface area contributed by atoms with Gasteiger partial charge in [0.25, 0.3) is 10.1 Å². The zero-order valence-corrected chi connectivity index (χ0v) is 8.63. The van der Waals surface area contributed by atoms with Crippen LogP contribution in [0.25, 0.3) is 0 Å². The Morgan fingerprint density at radius 1 is 1.36 bits per heavy atom. The largest absolute Gasteiger partial charge is 0.295 e. The van der Waals surface area contributed by atoms with Crippen molar-refractivity contribution in [2.45, 2.75) is 18.7 Å². The maximum absolute atomic E-state index is 11.1. The summed E-state index contributed by atoms with van der Waals surface area (Å²) in [6, 6.07) is 3.92. The maximum Gasteiger partial charge on any atom is 0.294 e. The lowest BCUT2D eigenvalue weighted by molar-refractivity contribution is 0.101. The Morgan fingerprint density at radius 3 is 2.36 bits per heavy atom. The summed E-state index contributed by atoms with van der Waals surface area (Å²) in [6.07, 6.45) is 0. The Hall–Kier alpha value is -1.20. The van der Waals surface area contributed by atoms with Crippen LogP contribution < -0.4 is 0 Å². The van der Waals surface area contributed by atoms with Crippen LogP contribution in [0.1, 0.15) is 22.8 Å². The molecule has 0 radical (unpaired) electrons. The Balaban J connectivity index is 3.42. The van der Waals surface area contributed by atoms with Crippen LogP contribution in [-0.4, -0.2) is 18.8 Å². The molecule has 1 aromatic carbocycles. The Kier molecular flexibility index (Phi) is 2.73. The van der Waals surface area contributed by atoms with Crippen molar-refractivity contribution in [1.29, 1.82) is 0 Å². The second-order valence-corrected chi connectivity index (χ2v) is 4.43. The van der Waals surface area contributed by atoms with Gasteiger partial charge in [0.05, 0.1) is 4.90 Å². The van der Waals surface area contributed by atoms with E-state index >= 15 is 0 Å². The molecule has 14 heavy (non-hydrogen) atoms. The molecule has 0 aliphatic carbocycles. The Bertz CT molecular complexity index is 474. The lowest BCUT2D eigenvalue weighted by Crippen LogP contribution is -2.02. The monoisotopic (exact) mass is 214 g/mol. The topological polar surface area (TPSA) is 71.4 Å². The number of aryl methyl sites for hydroxylation is 1. The van der Waals surface area contributed by atoms with E-state index in [0.717, 1.165) is 0 Å². The highest BCUT2D eigenvalue weighted by molar-refractivity contribution is 7.85. The van der Waals surface area contributed by atoms with Gasteiger partial charge in [-0.2, -0.15) is 8.42 Å². The summed E-state index contributed by atoms with van der Waals surface area (Å²) in [5.74, 6) is -0.229. The first-order valence-electron chi connectivity index (χ1n) is 3.91. The molecule has 0 saturated carbocycles. The minimum absolute atomic E-state index is 0.229. The number of carbonyl (C=O) groups is 1. The number of carbonyl (C=O) groups excluding carboxylic acids is 1. The smallest absolute Gasteiger partial charge is 0.294 e. The van der Waals surface area contributed by atoms with Gasteiger partial charge in [0, 0.05) is 5.56 Å². The summed E-state index contributed by atoms with van der Waals surface area (Å²) in [6.45, 7) is 3.04. The lowest BCUT2D eigenvalue weighted by atomic mass is 10.1. The van der Waals surface area contributed by atoms with Crippen molar-refractivity contribution >= 4 is 15.9 Å². The van der Waals surface area contributed by atoms with Crippen LogP contribution in [0.4, 0.5) is 0 Å². The van der Waals surface area contributed by atoms with Crippen molar-refractivity contribution in [3.05, 3.63) is 29.3 Å². The first-order valence-corrected chi connectivity index (χ1v) is 5.35. The molecular weight excluding hydrogens is 204 g/mol. The minimum Gasteiger partial charge on any atom is -0.295 e. The average molecular weight is 214 g/mol. The molecule has 0 unspecified atom stereocenters. The molecule has 0 amide bonds. The number of ketones is 1. The summed E-state index contributed by atoms with van der Waals surface area (Å²) < 4.78 is 30.3. The second kappa shape index (κ2) is 3.51. The molecule has 76 valence electrons. The van der Waals surface area contributed by atoms with E-state index in [0.29, 0.717) is 11.1 Å². The van der Waals surface area contributed by atoms with Crippen molar-refractivity contribution in [2.75, 3.05) is 0 Å². The Labute approximate surface area is 82.3 Å². The van der Waals surface area contributed by atoms with E-state index in [9.17, 15) is 13.2 Å². The van der Waals surface area contributed by atoms with Crippen LogP contribution >= 0.6 is 0 Å². The molecule has 0 fully saturated rings. The van der Waals surface area contributed by atoms with E-state index in [-0.39, 0.29) is 10.7 Å². The molecule has 5 heteroatoms. The van der Waals surface area contributed by atoms with Gasteiger partial charge in [-0.3, -0.25) is 9.35 Å². The van der Waals surface area contributed by atoms with Crippen molar-refractivity contribution < 1.29 is 17.8 Å². The van der Waals surface area contributed by atoms with Crippen LogP contribution in [0.5, 0.6) is 0 Å². The SMILES string of the molecule is CC(=O)c1cc(S(=O)(=O)O)ccc1C. The fraction of sp³-hybridized carbons (Fsp3) is 0.222. The van der Waals surface area contributed by atoms with Crippen LogP contribution in [0.3, 0.4) is 0 Å². The van der Waals surface area contributed by atoms with E-state index in [1.807, 2.05) is 0 Å². The molecule has 0 atom stereocenters. The van der Waals surface area contributed by atoms with Gasteiger partial charge >= 0.3 is 0 Å². The highest BCUT2D eigenvalue weighted by Gasteiger charge is 2.12. The standard InChI is InChI=1S/C9H10O4S/c1-6-3-4-8(14(11,12)13)5-9(6)7(2)10/h3-5H,1-2H3,(H,11,12,13). The Morgan fingerprint density at radius 2 is 1.93 bits per heavy atom. The van der Waals surface area contributed by atoms with E-state index in [1.54, 1.807) is 6.92 Å². The zero-order valence-electron chi connectivity index (χ0n) is 7.81. The fourth-order valence-electron chi connectivity index (χ4n) is 1.14. The lowest BCUT2D eigenvalue weighted by Gasteiger charge is -2.03. The summed E-state index contributed by atoms with van der Waals surface area (Å²) in [5.41, 5.74) is 0.991.